The first kappa shape index (κ1) is 19.2. The summed E-state index contributed by atoms with van der Waals surface area (Å²) in [5.74, 6) is -0.109. The van der Waals surface area contributed by atoms with Crippen molar-refractivity contribution in [2.75, 3.05) is 6.61 Å². The number of hydrogen-bond donors (Lipinski definition) is 1. The van der Waals surface area contributed by atoms with Crippen molar-refractivity contribution in [1.29, 1.82) is 0 Å². The fourth-order valence-electron chi connectivity index (χ4n) is 2.19. The van der Waals surface area contributed by atoms with Gasteiger partial charge in [0.25, 0.3) is 0 Å². The molecule has 0 aliphatic carbocycles. The number of nitrogens with one attached hydrogen (secondary N) is 1. The predicted octanol–water partition coefficient (Wildman–Crippen LogP) is 4.35. The topological polar surface area (TPSA) is 77.0 Å². The quantitative estimate of drug-likeness (QED) is 0.737. The number of ether oxygens (including phenoxy) is 2. The number of rotatable bonds is 2. The van der Waals surface area contributed by atoms with Gasteiger partial charge in [0.15, 0.2) is 0 Å². The van der Waals surface area contributed by atoms with Crippen molar-refractivity contribution in [3.05, 3.63) is 33.8 Å². The number of amides is 1. The molecule has 1 aliphatic heterocycles. The molecule has 1 N–H and O–H groups in total. The number of alkyl carbamates (subject to hydrolysis) is 1. The highest BCUT2D eigenvalue weighted by Gasteiger charge is 2.22. The number of esters is 1. The van der Waals surface area contributed by atoms with Crippen LogP contribution >= 0.6 is 15.9 Å². The van der Waals surface area contributed by atoms with Gasteiger partial charge in [-0.25, -0.2) is 14.6 Å². The van der Waals surface area contributed by atoms with Crippen LogP contribution in [0.4, 0.5) is 10.5 Å². The first-order valence-corrected chi connectivity index (χ1v) is 8.72. The van der Waals surface area contributed by atoms with Gasteiger partial charge in [-0.3, -0.25) is 5.32 Å². The number of carbonyl (C=O) groups excluding carboxylic acids is 2. The number of nitrogens with zero attached hydrogens (tertiary/aromatic N) is 1. The van der Waals surface area contributed by atoms with Crippen LogP contribution in [0, 0.1) is 0 Å². The predicted molar refractivity (Wildman–Crippen MR) is 99.8 cm³/mol. The molecule has 6 nitrogen and oxygen atoms in total. The van der Waals surface area contributed by atoms with Crippen LogP contribution in [0.2, 0.25) is 0 Å². The zero-order valence-electron chi connectivity index (χ0n) is 14.7. The molecule has 1 heterocycles. The number of hydrogen-bond acceptors (Lipinski definition) is 5. The Morgan fingerprint density at radius 1 is 1.32 bits per heavy atom. The van der Waals surface area contributed by atoms with E-state index < -0.39 is 17.7 Å². The standard InChI is InChI=1S/C18H21BrN2O4/c1-5-24-16(22)12-8-11-6-7-13(19)10-14(11)20-15(9-12)21-17(23)25-18(2,3)4/h6-8,10H,5,9H2,1-4H3,(H,20,21,23). The molecule has 25 heavy (non-hydrogen) atoms. The molecule has 7 heteroatoms. The van der Waals surface area contributed by atoms with E-state index in [-0.39, 0.29) is 13.0 Å². The average molecular weight is 409 g/mol. The summed E-state index contributed by atoms with van der Waals surface area (Å²) in [7, 11) is 0. The van der Waals surface area contributed by atoms with Crippen molar-refractivity contribution in [3.8, 4) is 0 Å². The van der Waals surface area contributed by atoms with Crippen molar-refractivity contribution in [3.63, 3.8) is 0 Å². The van der Waals surface area contributed by atoms with E-state index >= 15 is 0 Å². The van der Waals surface area contributed by atoms with Crippen molar-refractivity contribution < 1.29 is 19.1 Å². The first-order valence-electron chi connectivity index (χ1n) is 7.93. The number of fused-ring (bicyclic) bond motifs is 1. The molecule has 0 atom stereocenters. The molecular weight excluding hydrogens is 388 g/mol. The summed E-state index contributed by atoms with van der Waals surface area (Å²) in [5, 5.41) is 2.63. The van der Waals surface area contributed by atoms with Gasteiger partial charge in [-0.05, 0) is 45.9 Å². The second-order valence-electron chi connectivity index (χ2n) is 6.46. The fraction of sp³-hybridized carbons (Fsp3) is 0.389. The minimum Gasteiger partial charge on any atom is -0.463 e. The van der Waals surface area contributed by atoms with Crippen LogP contribution in [0.5, 0.6) is 0 Å². The van der Waals surface area contributed by atoms with Crippen LogP contribution < -0.4 is 5.32 Å². The van der Waals surface area contributed by atoms with Gasteiger partial charge in [0.1, 0.15) is 11.4 Å². The lowest BCUT2D eigenvalue weighted by Gasteiger charge is -2.20. The molecule has 1 amide bonds. The first-order chi connectivity index (χ1) is 11.7. The second-order valence-corrected chi connectivity index (χ2v) is 7.37. The van der Waals surface area contributed by atoms with Gasteiger partial charge in [0.05, 0.1) is 12.3 Å². The lowest BCUT2D eigenvalue weighted by Crippen LogP contribution is -2.36. The summed E-state index contributed by atoms with van der Waals surface area (Å²) in [6.45, 7) is 7.34. The van der Waals surface area contributed by atoms with E-state index in [1.165, 1.54) is 0 Å². The van der Waals surface area contributed by atoms with Crippen molar-refractivity contribution in [2.45, 2.75) is 39.7 Å². The Labute approximate surface area is 155 Å². The van der Waals surface area contributed by atoms with Gasteiger partial charge in [0.2, 0.25) is 0 Å². The molecule has 0 saturated heterocycles. The van der Waals surface area contributed by atoms with Crippen LogP contribution in [0.1, 0.15) is 39.7 Å². The normalized spacial score (nSPS) is 13.8. The van der Waals surface area contributed by atoms with Crippen LogP contribution in [0.15, 0.2) is 33.2 Å². The molecule has 0 fully saturated rings. The number of carbonyl (C=O) groups is 2. The Bertz CT molecular complexity index is 748. The van der Waals surface area contributed by atoms with Crippen LogP contribution in [0.3, 0.4) is 0 Å². The zero-order valence-corrected chi connectivity index (χ0v) is 16.3. The summed E-state index contributed by atoms with van der Waals surface area (Å²) < 4.78 is 11.2. The lowest BCUT2D eigenvalue weighted by molar-refractivity contribution is -0.138. The van der Waals surface area contributed by atoms with Crippen LogP contribution in [0.25, 0.3) is 6.08 Å². The van der Waals surface area contributed by atoms with Gasteiger partial charge in [-0.1, -0.05) is 22.0 Å². The third kappa shape index (κ3) is 5.70. The number of amidine groups is 1. The average Bonchev–Trinajstić information content (AvgIpc) is 2.64. The molecule has 1 aromatic rings. The largest absolute Gasteiger partial charge is 0.463 e. The third-order valence-electron chi connectivity index (χ3n) is 3.12. The monoisotopic (exact) mass is 408 g/mol. The maximum atomic E-state index is 12.2. The van der Waals surface area contributed by atoms with E-state index in [1.807, 2.05) is 18.2 Å². The van der Waals surface area contributed by atoms with Crippen LogP contribution in [-0.2, 0) is 14.3 Å². The van der Waals surface area contributed by atoms with E-state index in [0.29, 0.717) is 17.1 Å². The summed E-state index contributed by atoms with van der Waals surface area (Å²) in [4.78, 5) is 28.7. The molecule has 1 aromatic carbocycles. The Hall–Kier alpha value is -2.15. The molecule has 2 rings (SSSR count). The molecule has 0 spiro atoms. The Balaban J connectivity index is 2.35. The van der Waals surface area contributed by atoms with Gasteiger partial charge in [0, 0.05) is 22.0 Å². The minimum absolute atomic E-state index is 0.143. The summed E-state index contributed by atoms with van der Waals surface area (Å²) >= 11 is 3.40. The van der Waals surface area contributed by atoms with E-state index in [0.717, 1.165) is 10.0 Å². The van der Waals surface area contributed by atoms with Crippen molar-refractivity contribution >= 4 is 45.6 Å². The van der Waals surface area contributed by atoms with Crippen molar-refractivity contribution in [1.82, 2.24) is 5.32 Å². The maximum absolute atomic E-state index is 12.2. The molecule has 0 aromatic heterocycles. The summed E-state index contributed by atoms with van der Waals surface area (Å²) in [6.07, 6.45) is 1.25. The van der Waals surface area contributed by atoms with E-state index in [1.54, 1.807) is 33.8 Å². The molecule has 1 aliphatic rings. The second kappa shape index (κ2) is 7.82. The third-order valence-corrected chi connectivity index (χ3v) is 3.61. The van der Waals surface area contributed by atoms with E-state index in [4.69, 9.17) is 9.47 Å². The number of aliphatic imine (C=N–C) groups is 1. The molecule has 0 unspecified atom stereocenters. The lowest BCUT2D eigenvalue weighted by atomic mass is 10.1. The molecule has 0 bridgehead atoms. The highest BCUT2D eigenvalue weighted by atomic mass is 79.9. The highest BCUT2D eigenvalue weighted by Crippen LogP contribution is 2.30. The Morgan fingerprint density at radius 3 is 2.68 bits per heavy atom. The SMILES string of the molecule is CCOC(=O)C1=Cc2ccc(Br)cc2N=C(NC(=O)OC(C)(C)C)C1. The van der Waals surface area contributed by atoms with Gasteiger partial charge < -0.3 is 9.47 Å². The smallest absolute Gasteiger partial charge is 0.413 e. The van der Waals surface area contributed by atoms with Crippen molar-refractivity contribution in [2.24, 2.45) is 4.99 Å². The zero-order chi connectivity index (χ0) is 18.6. The van der Waals surface area contributed by atoms with Gasteiger partial charge in [-0.15, -0.1) is 0 Å². The number of halogens is 1. The minimum atomic E-state index is -0.629. The Kier molecular flexibility index (Phi) is 6.00. The van der Waals surface area contributed by atoms with Crippen LogP contribution in [-0.4, -0.2) is 30.1 Å². The number of benzene rings is 1. The molecule has 0 saturated carbocycles. The maximum Gasteiger partial charge on any atom is 0.413 e. The molecule has 0 radical (unpaired) electrons. The fourth-order valence-corrected chi connectivity index (χ4v) is 2.54. The summed E-state index contributed by atoms with van der Waals surface area (Å²) in [5.41, 5.74) is 1.19. The Morgan fingerprint density at radius 2 is 2.04 bits per heavy atom. The van der Waals surface area contributed by atoms with Gasteiger partial charge >= 0.3 is 12.1 Å². The van der Waals surface area contributed by atoms with E-state index in [9.17, 15) is 9.59 Å². The highest BCUT2D eigenvalue weighted by molar-refractivity contribution is 9.10. The van der Waals surface area contributed by atoms with Gasteiger partial charge in [-0.2, -0.15) is 0 Å². The summed E-state index contributed by atoms with van der Waals surface area (Å²) in [6, 6.07) is 5.52. The van der Waals surface area contributed by atoms with E-state index in [2.05, 4.69) is 26.2 Å². The molecular formula is C18H21BrN2O4. The molecule has 134 valence electrons.